The zero-order chi connectivity index (χ0) is 21.3. The molecule has 0 bridgehead atoms. The Morgan fingerprint density at radius 1 is 1.17 bits per heavy atom. The second-order valence-electron chi connectivity index (χ2n) is 7.46. The van der Waals surface area contributed by atoms with Crippen LogP contribution in [-0.4, -0.2) is 41.6 Å². The SMILES string of the molecule is CCOC(=O)c1c(-c2ccccc2)oc2ccc(O)c(CN3CCC(F)(F)CC3)c12. The Balaban J connectivity index is 1.83. The van der Waals surface area contributed by atoms with Crippen LogP contribution < -0.4 is 0 Å². The zero-order valence-corrected chi connectivity index (χ0v) is 16.7. The van der Waals surface area contributed by atoms with Gasteiger partial charge in [-0.25, -0.2) is 13.6 Å². The van der Waals surface area contributed by atoms with E-state index >= 15 is 0 Å². The molecule has 30 heavy (non-hydrogen) atoms. The number of hydrogen-bond acceptors (Lipinski definition) is 5. The molecule has 1 saturated heterocycles. The summed E-state index contributed by atoms with van der Waals surface area (Å²) >= 11 is 0. The van der Waals surface area contributed by atoms with Gasteiger partial charge >= 0.3 is 5.97 Å². The van der Waals surface area contributed by atoms with Crippen LogP contribution in [0.2, 0.25) is 0 Å². The van der Waals surface area contributed by atoms with Crippen LogP contribution in [0.4, 0.5) is 8.78 Å². The highest BCUT2D eigenvalue weighted by molar-refractivity contribution is 6.10. The lowest BCUT2D eigenvalue weighted by molar-refractivity contribution is -0.0566. The van der Waals surface area contributed by atoms with Gasteiger partial charge in [-0.2, -0.15) is 0 Å². The normalized spacial score (nSPS) is 16.6. The Bertz CT molecular complexity index is 1050. The first-order chi connectivity index (χ1) is 14.4. The number of furan rings is 1. The van der Waals surface area contributed by atoms with Crippen LogP contribution in [0.25, 0.3) is 22.3 Å². The molecular weight excluding hydrogens is 392 g/mol. The maximum atomic E-state index is 13.5. The number of ether oxygens (including phenoxy) is 1. The number of piperidine rings is 1. The molecule has 3 aromatic rings. The summed E-state index contributed by atoms with van der Waals surface area (Å²) < 4.78 is 38.4. The van der Waals surface area contributed by atoms with Crippen LogP contribution >= 0.6 is 0 Å². The molecule has 158 valence electrons. The van der Waals surface area contributed by atoms with Gasteiger partial charge in [0, 0.05) is 49.0 Å². The summed E-state index contributed by atoms with van der Waals surface area (Å²) in [6.07, 6.45) is -0.454. The van der Waals surface area contributed by atoms with Crippen LogP contribution in [0.15, 0.2) is 46.9 Å². The number of nitrogens with zero attached hydrogens (tertiary/aromatic N) is 1. The Labute approximate surface area is 172 Å². The molecule has 2 heterocycles. The number of phenols is 1. The Kier molecular flexibility index (Phi) is 5.47. The van der Waals surface area contributed by atoms with Crippen molar-refractivity contribution in [1.82, 2.24) is 4.90 Å². The number of aromatic hydroxyl groups is 1. The van der Waals surface area contributed by atoms with Gasteiger partial charge in [0.15, 0.2) is 0 Å². The summed E-state index contributed by atoms with van der Waals surface area (Å²) in [6, 6.07) is 12.3. The van der Waals surface area contributed by atoms with Crippen LogP contribution in [0.5, 0.6) is 5.75 Å². The van der Waals surface area contributed by atoms with E-state index in [1.54, 1.807) is 13.0 Å². The molecule has 5 nitrogen and oxygen atoms in total. The van der Waals surface area contributed by atoms with Crippen LogP contribution in [0, 0.1) is 0 Å². The van der Waals surface area contributed by atoms with E-state index in [0.29, 0.717) is 27.9 Å². The minimum atomic E-state index is -2.66. The van der Waals surface area contributed by atoms with Crippen molar-refractivity contribution in [3.63, 3.8) is 0 Å². The summed E-state index contributed by atoms with van der Waals surface area (Å²) in [6.45, 7) is 2.56. The first kappa shape index (κ1) is 20.3. The number of phenolic OH excluding ortho intramolecular Hbond substituents is 1. The average molecular weight is 415 g/mol. The van der Waals surface area contributed by atoms with E-state index in [2.05, 4.69) is 0 Å². The second kappa shape index (κ2) is 8.07. The molecule has 0 saturated carbocycles. The minimum absolute atomic E-state index is 0.00852. The molecule has 7 heteroatoms. The maximum absolute atomic E-state index is 13.5. The molecular formula is C23H23F2NO4. The van der Waals surface area contributed by atoms with E-state index in [1.165, 1.54) is 6.07 Å². The highest BCUT2D eigenvalue weighted by Crippen LogP contribution is 2.40. The van der Waals surface area contributed by atoms with Crippen LogP contribution in [0.1, 0.15) is 35.7 Å². The Hall–Kier alpha value is -2.93. The molecule has 2 aromatic carbocycles. The third-order valence-corrected chi connectivity index (χ3v) is 5.42. The lowest BCUT2D eigenvalue weighted by atomic mass is 9.99. The van der Waals surface area contributed by atoms with Gasteiger partial charge in [-0.1, -0.05) is 30.3 Å². The number of hydrogen-bond donors (Lipinski definition) is 1. The van der Waals surface area contributed by atoms with Crippen molar-refractivity contribution in [2.45, 2.75) is 32.2 Å². The standard InChI is InChI=1S/C23H23F2NO4/c1-2-29-22(28)20-19-16(14-26-12-10-23(24,25)11-13-26)17(27)8-9-18(19)30-21(20)15-6-4-3-5-7-15/h3-9,27H,2,10-14H2,1H3. The summed E-state index contributed by atoms with van der Waals surface area (Å²) in [5.41, 5.74) is 1.87. The molecule has 0 aliphatic carbocycles. The molecule has 1 aliphatic heterocycles. The molecule has 1 fully saturated rings. The Morgan fingerprint density at radius 2 is 1.87 bits per heavy atom. The van der Waals surface area contributed by atoms with E-state index in [-0.39, 0.29) is 50.4 Å². The summed E-state index contributed by atoms with van der Waals surface area (Å²) in [5, 5.41) is 11.1. The molecule has 4 rings (SSSR count). The van der Waals surface area contributed by atoms with Gasteiger partial charge in [-0.05, 0) is 19.1 Å². The second-order valence-corrected chi connectivity index (χ2v) is 7.46. The number of benzene rings is 2. The van der Waals surface area contributed by atoms with Gasteiger partial charge in [0.1, 0.15) is 22.7 Å². The first-order valence-corrected chi connectivity index (χ1v) is 9.99. The number of carbonyl (C=O) groups is 1. The predicted octanol–water partition coefficient (Wildman–Crippen LogP) is 5.21. The molecule has 0 unspecified atom stereocenters. The summed E-state index contributed by atoms with van der Waals surface area (Å²) in [5.74, 6) is -2.85. The molecule has 0 spiro atoms. The first-order valence-electron chi connectivity index (χ1n) is 9.99. The number of fused-ring (bicyclic) bond motifs is 1. The lowest BCUT2D eigenvalue weighted by Gasteiger charge is -2.31. The third-order valence-electron chi connectivity index (χ3n) is 5.42. The molecule has 0 amide bonds. The van der Waals surface area contributed by atoms with Gasteiger partial charge in [-0.15, -0.1) is 0 Å². The molecule has 1 aromatic heterocycles. The molecule has 0 atom stereocenters. The minimum Gasteiger partial charge on any atom is -0.508 e. The van der Waals surface area contributed by atoms with E-state index in [0.717, 1.165) is 0 Å². The molecule has 1 N–H and O–H groups in total. The third kappa shape index (κ3) is 3.89. The fourth-order valence-corrected chi connectivity index (χ4v) is 3.86. The van der Waals surface area contributed by atoms with Gasteiger partial charge in [0.05, 0.1) is 6.61 Å². The van der Waals surface area contributed by atoms with Gasteiger partial charge in [-0.3, -0.25) is 4.90 Å². The van der Waals surface area contributed by atoms with Crippen molar-refractivity contribution in [3.8, 4) is 17.1 Å². The lowest BCUT2D eigenvalue weighted by Crippen LogP contribution is -2.38. The van der Waals surface area contributed by atoms with Gasteiger partial charge in [0.2, 0.25) is 0 Å². The van der Waals surface area contributed by atoms with Crippen molar-refractivity contribution in [2.24, 2.45) is 0 Å². The van der Waals surface area contributed by atoms with Gasteiger partial charge in [0.25, 0.3) is 5.92 Å². The number of carbonyl (C=O) groups excluding carboxylic acids is 1. The van der Waals surface area contributed by atoms with E-state index < -0.39 is 11.9 Å². The van der Waals surface area contributed by atoms with Crippen LogP contribution in [0.3, 0.4) is 0 Å². The van der Waals surface area contributed by atoms with Gasteiger partial charge < -0.3 is 14.3 Å². The van der Waals surface area contributed by atoms with Crippen molar-refractivity contribution in [2.75, 3.05) is 19.7 Å². The molecule has 0 radical (unpaired) electrons. The smallest absolute Gasteiger partial charge is 0.342 e. The van der Waals surface area contributed by atoms with E-state index in [1.807, 2.05) is 35.2 Å². The highest BCUT2D eigenvalue weighted by atomic mass is 19.3. The fraction of sp³-hybridized carbons (Fsp3) is 0.348. The fourth-order valence-electron chi connectivity index (χ4n) is 3.86. The number of esters is 1. The quantitative estimate of drug-likeness (QED) is 0.580. The van der Waals surface area contributed by atoms with E-state index in [4.69, 9.17) is 9.15 Å². The maximum Gasteiger partial charge on any atom is 0.342 e. The predicted molar refractivity (Wildman–Crippen MR) is 109 cm³/mol. The van der Waals surface area contributed by atoms with Crippen molar-refractivity contribution >= 4 is 16.9 Å². The van der Waals surface area contributed by atoms with Crippen molar-refractivity contribution < 1.29 is 27.8 Å². The molecule has 1 aliphatic rings. The Morgan fingerprint density at radius 3 is 2.53 bits per heavy atom. The average Bonchev–Trinajstić information content (AvgIpc) is 3.12. The zero-order valence-electron chi connectivity index (χ0n) is 16.7. The highest BCUT2D eigenvalue weighted by Gasteiger charge is 2.35. The monoisotopic (exact) mass is 415 g/mol. The number of rotatable bonds is 5. The topological polar surface area (TPSA) is 62.9 Å². The summed E-state index contributed by atoms with van der Waals surface area (Å²) in [7, 11) is 0. The largest absolute Gasteiger partial charge is 0.508 e. The number of likely N-dealkylation sites (tertiary alicyclic amines) is 1. The van der Waals surface area contributed by atoms with E-state index in [9.17, 15) is 18.7 Å². The van der Waals surface area contributed by atoms with Crippen LogP contribution in [-0.2, 0) is 11.3 Å². The summed E-state index contributed by atoms with van der Waals surface area (Å²) in [4.78, 5) is 14.7. The van der Waals surface area contributed by atoms with Crippen molar-refractivity contribution in [1.29, 1.82) is 0 Å². The number of alkyl halides is 2. The number of halogens is 2. The van der Waals surface area contributed by atoms with Crippen molar-refractivity contribution in [3.05, 3.63) is 53.6 Å².